The van der Waals surface area contributed by atoms with Gasteiger partial charge in [-0.05, 0) is 48.7 Å². The third-order valence-electron chi connectivity index (χ3n) is 5.76. The quantitative estimate of drug-likeness (QED) is 0.627. The third-order valence-corrected chi connectivity index (χ3v) is 6.00. The molecule has 6 nitrogen and oxygen atoms in total. The van der Waals surface area contributed by atoms with Gasteiger partial charge in [0.25, 0.3) is 5.91 Å². The van der Waals surface area contributed by atoms with Crippen molar-refractivity contribution in [2.45, 2.75) is 25.0 Å². The smallest absolute Gasteiger partial charge is 0.291 e. The van der Waals surface area contributed by atoms with E-state index in [0.29, 0.717) is 40.5 Å². The fourth-order valence-corrected chi connectivity index (χ4v) is 4.52. The van der Waals surface area contributed by atoms with Crippen molar-refractivity contribution in [2.24, 2.45) is 0 Å². The second kappa shape index (κ2) is 7.45. The molecule has 7 heteroatoms. The van der Waals surface area contributed by atoms with E-state index >= 15 is 0 Å². The minimum absolute atomic E-state index is 0.0599. The number of nitrogens with zero attached hydrogens (tertiary/aromatic N) is 1. The second-order valence-electron chi connectivity index (χ2n) is 7.59. The Bertz CT molecular complexity index is 1200. The zero-order valence-corrected chi connectivity index (χ0v) is 17.1. The standard InChI is InChI=1S/C23H20ClNO5/c1-28-15-5-2-4-13(10-15)20-19-21(26)17-11-14(24)7-8-18(17)30-22(19)23(27)25(20)12-16-6-3-9-29-16/h2,4-5,7-8,10-11,16,20H,3,6,9,12H2,1H3/t16-,20+/m0/s1. The zero-order chi connectivity index (χ0) is 20.8. The van der Waals surface area contributed by atoms with Crippen molar-refractivity contribution >= 4 is 28.5 Å². The van der Waals surface area contributed by atoms with E-state index in [1.807, 2.05) is 24.3 Å². The summed E-state index contributed by atoms with van der Waals surface area (Å²) in [6.45, 7) is 1.07. The molecule has 3 heterocycles. The first-order valence-corrected chi connectivity index (χ1v) is 10.3. The van der Waals surface area contributed by atoms with E-state index in [0.717, 1.165) is 18.4 Å². The fraction of sp³-hybridized carbons (Fsp3) is 0.304. The molecular formula is C23H20ClNO5. The number of rotatable bonds is 4. The van der Waals surface area contributed by atoms with Crippen LogP contribution in [0.1, 0.15) is 40.6 Å². The number of fused-ring (bicyclic) bond motifs is 2. The summed E-state index contributed by atoms with van der Waals surface area (Å²) in [5.74, 6) is 0.432. The maximum absolute atomic E-state index is 13.5. The molecular weight excluding hydrogens is 406 g/mol. The Kier molecular flexibility index (Phi) is 4.76. The van der Waals surface area contributed by atoms with Gasteiger partial charge in [-0.25, -0.2) is 0 Å². The van der Waals surface area contributed by atoms with Crippen molar-refractivity contribution in [1.82, 2.24) is 4.90 Å². The molecule has 1 aromatic heterocycles. The predicted octanol–water partition coefficient (Wildman–Crippen LogP) is 4.18. The Labute approximate surface area is 177 Å². The van der Waals surface area contributed by atoms with Crippen LogP contribution in [0.2, 0.25) is 5.02 Å². The molecule has 2 aliphatic rings. The molecule has 3 aromatic rings. The molecule has 1 fully saturated rings. The number of halogens is 1. The van der Waals surface area contributed by atoms with Crippen LogP contribution < -0.4 is 10.2 Å². The van der Waals surface area contributed by atoms with Crippen molar-refractivity contribution in [3.8, 4) is 5.75 Å². The lowest BCUT2D eigenvalue weighted by Gasteiger charge is -2.27. The van der Waals surface area contributed by atoms with Crippen LogP contribution in [0.4, 0.5) is 0 Å². The monoisotopic (exact) mass is 425 g/mol. The topological polar surface area (TPSA) is 69.0 Å². The Morgan fingerprint density at radius 1 is 1.20 bits per heavy atom. The van der Waals surface area contributed by atoms with E-state index in [2.05, 4.69) is 0 Å². The summed E-state index contributed by atoms with van der Waals surface area (Å²) in [6, 6.07) is 11.7. The lowest BCUT2D eigenvalue weighted by molar-refractivity contribution is 0.0486. The van der Waals surface area contributed by atoms with E-state index in [-0.39, 0.29) is 23.2 Å². The van der Waals surface area contributed by atoms with Crippen molar-refractivity contribution in [2.75, 3.05) is 20.3 Å². The fourth-order valence-electron chi connectivity index (χ4n) is 4.35. The first-order valence-electron chi connectivity index (χ1n) is 9.89. The number of amides is 1. The lowest BCUT2D eigenvalue weighted by Crippen LogP contribution is -2.36. The van der Waals surface area contributed by atoms with Gasteiger partial charge in [0.2, 0.25) is 5.76 Å². The third kappa shape index (κ3) is 3.07. The van der Waals surface area contributed by atoms with E-state index in [4.69, 9.17) is 25.5 Å². The normalized spacial score (nSPS) is 20.7. The lowest BCUT2D eigenvalue weighted by atomic mass is 9.98. The van der Waals surface area contributed by atoms with Gasteiger partial charge >= 0.3 is 0 Å². The predicted molar refractivity (Wildman–Crippen MR) is 112 cm³/mol. The first kappa shape index (κ1) is 19.2. The molecule has 0 radical (unpaired) electrons. The molecule has 0 unspecified atom stereocenters. The number of methoxy groups -OCH3 is 1. The molecule has 154 valence electrons. The van der Waals surface area contributed by atoms with E-state index in [9.17, 15) is 9.59 Å². The van der Waals surface area contributed by atoms with Crippen LogP contribution in [0.15, 0.2) is 51.7 Å². The Morgan fingerprint density at radius 3 is 2.83 bits per heavy atom. The number of ether oxygens (including phenoxy) is 2. The van der Waals surface area contributed by atoms with Crippen LogP contribution in [-0.4, -0.2) is 37.2 Å². The molecule has 1 saturated heterocycles. The molecule has 0 N–H and O–H groups in total. The van der Waals surface area contributed by atoms with Gasteiger partial charge in [0.15, 0.2) is 5.43 Å². The summed E-state index contributed by atoms with van der Waals surface area (Å²) < 4.78 is 17.1. The molecule has 2 aromatic carbocycles. The van der Waals surface area contributed by atoms with Crippen molar-refractivity contribution in [1.29, 1.82) is 0 Å². The molecule has 0 bridgehead atoms. The van der Waals surface area contributed by atoms with Gasteiger partial charge < -0.3 is 18.8 Å². The molecule has 2 aliphatic heterocycles. The maximum Gasteiger partial charge on any atom is 0.291 e. The second-order valence-corrected chi connectivity index (χ2v) is 8.02. The van der Waals surface area contributed by atoms with Crippen LogP contribution >= 0.6 is 11.6 Å². The summed E-state index contributed by atoms with van der Waals surface area (Å²) >= 11 is 6.11. The number of hydrogen-bond acceptors (Lipinski definition) is 5. The minimum atomic E-state index is -0.577. The Balaban J connectivity index is 1.71. The maximum atomic E-state index is 13.5. The summed E-state index contributed by atoms with van der Waals surface area (Å²) in [5, 5.41) is 0.800. The van der Waals surface area contributed by atoms with Gasteiger partial charge in [-0.2, -0.15) is 0 Å². The summed E-state index contributed by atoms with van der Waals surface area (Å²) in [6.07, 6.45) is 1.78. The Morgan fingerprint density at radius 2 is 2.07 bits per heavy atom. The van der Waals surface area contributed by atoms with Gasteiger partial charge in [0.1, 0.15) is 11.3 Å². The minimum Gasteiger partial charge on any atom is -0.497 e. The Hall–Kier alpha value is -2.83. The highest BCUT2D eigenvalue weighted by Crippen LogP contribution is 2.39. The average Bonchev–Trinajstić information content (AvgIpc) is 3.36. The van der Waals surface area contributed by atoms with E-state index < -0.39 is 6.04 Å². The molecule has 1 amide bonds. The van der Waals surface area contributed by atoms with E-state index in [1.165, 1.54) is 0 Å². The van der Waals surface area contributed by atoms with Crippen LogP contribution in [0, 0.1) is 0 Å². The summed E-state index contributed by atoms with van der Waals surface area (Å²) in [7, 11) is 1.58. The number of benzene rings is 2. The first-order chi connectivity index (χ1) is 14.6. The van der Waals surface area contributed by atoms with Gasteiger partial charge in [-0.15, -0.1) is 0 Å². The highest BCUT2D eigenvalue weighted by Gasteiger charge is 2.44. The zero-order valence-electron chi connectivity index (χ0n) is 16.4. The SMILES string of the molecule is COc1cccc([C@@H]2c3c(oc4ccc(Cl)cc4c3=O)C(=O)N2C[C@@H]2CCCO2)c1. The summed E-state index contributed by atoms with van der Waals surface area (Å²) in [5.41, 5.74) is 1.22. The average molecular weight is 426 g/mol. The largest absolute Gasteiger partial charge is 0.497 e. The highest BCUT2D eigenvalue weighted by molar-refractivity contribution is 6.31. The molecule has 0 saturated carbocycles. The van der Waals surface area contributed by atoms with Gasteiger partial charge in [0, 0.05) is 18.2 Å². The highest BCUT2D eigenvalue weighted by atomic mass is 35.5. The van der Waals surface area contributed by atoms with Gasteiger partial charge in [-0.1, -0.05) is 23.7 Å². The van der Waals surface area contributed by atoms with Crippen molar-refractivity contribution < 1.29 is 18.7 Å². The summed E-state index contributed by atoms with van der Waals surface area (Å²) in [4.78, 5) is 28.5. The molecule has 0 spiro atoms. The van der Waals surface area contributed by atoms with Crippen molar-refractivity contribution in [3.05, 3.63) is 74.6 Å². The molecule has 30 heavy (non-hydrogen) atoms. The number of carbonyl (C=O) groups is 1. The molecule has 0 aliphatic carbocycles. The number of hydrogen-bond donors (Lipinski definition) is 0. The van der Waals surface area contributed by atoms with E-state index in [1.54, 1.807) is 30.2 Å². The van der Waals surface area contributed by atoms with Crippen LogP contribution in [0.3, 0.4) is 0 Å². The van der Waals surface area contributed by atoms with Crippen molar-refractivity contribution in [3.63, 3.8) is 0 Å². The van der Waals surface area contributed by atoms with Gasteiger partial charge in [0.05, 0.1) is 30.2 Å². The van der Waals surface area contributed by atoms with Crippen LogP contribution in [-0.2, 0) is 4.74 Å². The van der Waals surface area contributed by atoms with Gasteiger partial charge in [-0.3, -0.25) is 9.59 Å². The molecule has 2 atom stereocenters. The molecule has 5 rings (SSSR count). The van der Waals surface area contributed by atoms with Crippen LogP contribution in [0.25, 0.3) is 11.0 Å². The van der Waals surface area contributed by atoms with Crippen LogP contribution in [0.5, 0.6) is 5.75 Å². The number of carbonyl (C=O) groups excluding carboxylic acids is 1.